The summed E-state index contributed by atoms with van der Waals surface area (Å²) in [5, 5.41) is 0. The molecule has 20 heavy (non-hydrogen) atoms. The van der Waals surface area contributed by atoms with Gasteiger partial charge in [-0.25, -0.2) is 8.42 Å². The van der Waals surface area contributed by atoms with Crippen molar-refractivity contribution in [3.05, 3.63) is 23.8 Å². The number of Topliss-reactive ketones (excluding diaryl/α,β-unsaturated/α-hetero) is 1. The number of hydrogen-bond donors (Lipinski definition) is 0. The first-order chi connectivity index (χ1) is 9.44. The molecule has 1 aromatic carbocycles. The molecular formula is C14H19NO4S. The van der Waals surface area contributed by atoms with Gasteiger partial charge in [0.25, 0.3) is 0 Å². The summed E-state index contributed by atoms with van der Waals surface area (Å²) >= 11 is 0. The third-order valence-electron chi connectivity index (χ3n) is 3.47. The molecule has 0 spiro atoms. The number of sulfone groups is 1. The lowest BCUT2D eigenvalue weighted by Gasteiger charge is -2.25. The zero-order valence-corrected chi connectivity index (χ0v) is 12.6. The number of hydrogen-bond acceptors (Lipinski definition) is 5. The van der Waals surface area contributed by atoms with Crippen molar-refractivity contribution < 1.29 is 17.9 Å². The lowest BCUT2D eigenvalue weighted by Crippen LogP contribution is -2.28. The molecule has 1 heterocycles. The van der Waals surface area contributed by atoms with E-state index in [2.05, 4.69) is 0 Å². The van der Waals surface area contributed by atoms with E-state index in [9.17, 15) is 13.2 Å². The summed E-state index contributed by atoms with van der Waals surface area (Å²) in [6.07, 6.45) is 0.580. The van der Waals surface area contributed by atoms with E-state index in [-0.39, 0.29) is 17.3 Å². The van der Waals surface area contributed by atoms with Gasteiger partial charge in [-0.05, 0) is 25.5 Å². The molecule has 1 saturated heterocycles. The Labute approximate surface area is 119 Å². The second-order valence-corrected chi connectivity index (χ2v) is 7.21. The van der Waals surface area contributed by atoms with Crippen molar-refractivity contribution in [2.24, 2.45) is 0 Å². The van der Waals surface area contributed by atoms with Crippen molar-refractivity contribution in [1.29, 1.82) is 0 Å². The summed E-state index contributed by atoms with van der Waals surface area (Å²) < 4.78 is 28.6. The molecule has 5 nitrogen and oxygen atoms in total. The Kier molecular flexibility index (Phi) is 4.32. The maximum atomic E-state index is 11.9. The Morgan fingerprint density at radius 3 is 2.65 bits per heavy atom. The Morgan fingerprint density at radius 2 is 2.00 bits per heavy atom. The minimum Gasteiger partial charge on any atom is -0.496 e. The molecule has 2 rings (SSSR count). The zero-order valence-electron chi connectivity index (χ0n) is 11.8. The lowest BCUT2D eigenvalue weighted by atomic mass is 10.1. The van der Waals surface area contributed by atoms with Gasteiger partial charge in [0.1, 0.15) is 5.75 Å². The van der Waals surface area contributed by atoms with Gasteiger partial charge >= 0.3 is 0 Å². The predicted molar refractivity (Wildman–Crippen MR) is 78.5 cm³/mol. The zero-order chi connectivity index (χ0) is 14.8. The van der Waals surface area contributed by atoms with Gasteiger partial charge < -0.3 is 9.64 Å². The van der Waals surface area contributed by atoms with Crippen LogP contribution < -0.4 is 9.64 Å². The van der Waals surface area contributed by atoms with E-state index < -0.39 is 9.84 Å². The van der Waals surface area contributed by atoms with E-state index in [1.54, 1.807) is 6.07 Å². The van der Waals surface area contributed by atoms with E-state index >= 15 is 0 Å². The van der Waals surface area contributed by atoms with Crippen LogP contribution in [0.4, 0.5) is 5.69 Å². The van der Waals surface area contributed by atoms with Crippen LogP contribution in [0.3, 0.4) is 0 Å². The SMILES string of the molecule is COc1cccc(N2CCCS(=O)(=O)CC2)c1C(C)=O. The molecule has 0 bridgehead atoms. The van der Waals surface area contributed by atoms with E-state index in [4.69, 9.17) is 4.74 Å². The second kappa shape index (κ2) is 5.83. The Morgan fingerprint density at radius 1 is 1.25 bits per heavy atom. The highest BCUT2D eigenvalue weighted by atomic mass is 32.2. The highest BCUT2D eigenvalue weighted by Crippen LogP contribution is 2.30. The average Bonchev–Trinajstić information content (AvgIpc) is 2.58. The highest BCUT2D eigenvalue weighted by molar-refractivity contribution is 7.91. The summed E-state index contributed by atoms with van der Waals surface area (Å²) in [4.78, 5) is 13.8. The standard InChI is InChI=1S/C14H19NO4S/c1-11(16)14-12(5-3-6-13(14)19-2)15-7-4-9-20(17,18)10-8-15/h3,5-6H,4,7-10H2,1-2H3. The van der Waals surface area contributed by atoms with Crippen LogP contribution in [0.5, 0.6) is 5.75 Å². The first-order valence-corrected chi connectivity index (χ1v) is 8.40. The van der Waals surface area contributed by atoms with Crippen LogP contribution >= 0.6 is 0 Å². The molecule has 110 valence electrons. The minimum absolute atomic E-state index is 0.0791. The minimum atomic E-state index is -2.97. The molecule has 0 unspecified atom stereocenters. The van der Waals surface area contributed by atoms with Crippen molar-refractivity contribution >= 4 is 21.3 Å². The normalized spacial score (nSPS) is 18.4. The van der Waals surface area contributed by atoms with Gasteiger partial charge in [0.15, 0.2) is 15.6 Å². The number of nitrogens with zero attached hydrogens (tertiary/aromatic N) is 1. The van der Waals surface area contributed by atoms with Crippen LogP contribution in [0.25, 0.3) is 0 Å². The molecule has 1 aliphatic rings. The van der Waals surface area contributed by atoms with E-state index in [0.29, 0.717) is 30.8 Å². The maximum absolute atomic E-state index is 11.9. The van der Waals surface area contributed by atoms with Crippen molar-refractivity contribution in [3.8, 4) is 5.75 Å². The van der Waals surface area contributed by atoms with E-state index in [1.807, 2.05) is 17.0 Å². The number of methoxy groups -OCH3 is 1. The Hall–Kier alpha value is -1.56. The summed E-state index contributed by atoms with van der Waals surface area (Å²) in [6.45, 7) is 2.54. The number of carbonyl (C=O) groups excluding carboxylic acids is 1. The van der Waals surface area contributed by atoms with E-state index in [0.717, 1.165) is 5.69 Å². The van der Waals surface area contributed by atoms with Gasteiger partial charge in [0, 0.05) is 13.1 Å². The molecule has 0 amide bonds. The monoisotopic (exact) mass is 297 g/mol. The fourth-order valence-electron chi connectivity index (χ4n) is 2.49. The molecule has 6 heteroatoms. The Balaban J connectivity index is 2.39. The van der Waals surface area contributed by atoms with E-state index in [1.165, 1.54) is 14.0 Å². The van der Waals surface area contributed by atoms with Crippen LogP contribution in [0.1, 0.15) is 23.7 Å². The van der Waals surface area contributed by atoms with Gasteiger partial charge in [0.05, 0.1) is 29.9 Å². The molecule has 1 aromatic rings. The maximum Gasteiger partial charge on any atom is 0.165 e. The molecule has 0 N–H and O–H groups in total. The molecule has 0 aliphatic carbocycles. The predicted octanol–water partition coefficient (Wildman–Crippen LogP) is 1.52. The van der Waals surface area contributed by atoms with Crippen LogP contribution in [0.2, 0.25) is 0 Å². The van der Waals surface area contributed by atoms with Crippen molar-refractivity contribution in [2.75, 3.05) is 36.6 Å². The van der Waals surface area contributed by atoms with Gasteiger partial charge in [0.2, 0.25) is 0 Å². The van der Waals surface area contributed by atoms with Gasteiger partial charge in [-0.15, -0.1) is 0 Å². The second-order valence-electron chi connectivity index (χ2n) is 4.90. The van der Waals surface area contributed by atoms with Gasteiger partial charge in [-0.1, -0.05) is 6.07 Å². The molecule has 1 aliphatic heterocycles. The summed E-state index contributed by atoms with van der Waals surface area (Å²) in [7, 11) is -1.44. The highest BCUT2D eigenvalue weighted by Gasteiger charge is 2.23. The molecule has 0 atom stereocenters. The topological polar surface area (TPSA) is 63.7 Å². The molecule has 0 radical (unpaired) electrons. The van der Waals surface area contributed by atoms with Gasteiger partial charge in [-0.3, -0.25) is 4.79 Å². The summed E-state index contributed by atoms with van der Waals surface area (Å²) in [5.74, 6) is 0.788. The first-order valence-electron chi connectivity index (χ1n) is 6.58. The lowest BCUT2D eigenvalue weighted by molar-refractivity contribution is 0.101. The van der Waals surface area contributed by atoms with Gasteiger partial charge in [-0.2, -0.15) is 0 Å². The fraction of sp³-hybridized carbons (Fsp3) is 0.500. The number of carbonyl (C=O) groups is 1. The van der Waals surface area contributed by atoms with Crippen molar-refractivity contribution in [3.63, 3.8) is 0 Å². The van der Waals surface area contributed by atoms with Crippen molar-refractivity contribution in [2.45, 2.75) is 13.3 Å². The number of anilines is 1. The third kappa shape index (κ3) is 3.12. The van der Waals surface area contributed by atoms with Crippen LogP contribution in [0, 0.1) is 0 Å². The van der Waals surface area contributed by atoms with Crippen molar-refractivity contribution in [1.82, 2.24) is 0 Å². The number of rotatable bonds is 3. The average molecular weight is 297 g/mol. The van der Waals surface area contributed by atoms with Crippen LogP contribution in [-0.2, 0) is 9.84 Å². The number of benzene rings is 1. The molecular weight excluding hydrogens is 278 g/mol. The summed E-state index contributed by atoms with van der Waals surface area (Å²) in [5.41, 5.74) is 1.28. The first kappa shape index (κ1) is 14.8. The summed E-state index contributed by atoms with van der Waals surface area (Å²) in [6, 6.07) is 5.41. The number of ether oxygens (including phenoxy) is 1. The molecule has 1 fully saturated rings. The smallest absolute Gasteiger partial charge is 0.165 e. The quantitative estimate of drug-likeness (QED) is 0.792. The molecule has 0 aromatic heterocycles. The fourth-order valence-corrected chi connectivity index (χ4v) is 3.76. The third-order valence-corrected chi connectivity index (χ3v) is 5.19. The molecule has 0 saturated carbocycles. The number of ketones is 1. The van der Waals surface area contributed by atoms with Crippen LogP contribution in [-0.4, -0.2) is 45.9 Å². The van der Waals surface area contributed by atoms with Crippen LogP contribution in [0.15, 0.2) is 18.2 Å². The largest absolute Gasteiger partial charge is 0.496 e. The Bertz CT molecular complexity index is 610.